The van der Waals surface area contributed by atoms with Crippen LogP contribution in [0.15, 0.2) is 36.5 Å². The highest BCUT2D eigenvalue weighted by Crippen LogP contribution is 2.23. The molecule has 1 aromatic carbocycles. The van der Waals surface area contributed by atoms with Crippen LogP contribution in [0.3, 0.4) is 0 Å². The second kappa shape index (κ2) is 5.83. The Morgan fingerprint density at radius 2 is 1.85 bits per heavy atom. The van der Waals surface area contributed by atoms with E-state index in [1.807, 2.05) is 12.1 Å². The predicted molar refractivity (Wildman–Crippen MR) is 73.1 cm³/mol. The lowest BCUT2D eigenvalue weighted by atomic mass is 10.2. The average molecular weight is 283 g/mol. The largest absolute Gasteiger partial charge is 0.319 e. The molecule has 2 rings (SSSR count). The second-order valence-electron chi connectivity index (χ2n) is 3.80. The minimum atomic E-state index is -0.466. The minimum absolute atomic E-state index is 0.155. The Labute approximate surface area is 120 Å². The number of pyridine rings is 1. The van der Waals surface area contributed by atoms with E-state index in [2.05, 4.69) is 10.3 Å². The van der Waals surface area contributed by atoms with Gasteiger partial charge in [0.1, 0.15) is 11.8 Å². The lowest BCUT2D eigenvalue weighted by Gasteiger charge is -2.07. The molecule has 1 N–H and O–H groups in total. The highest BCUT2D eigenvalue weighted by molar-refractivity contribution is 6.33. The third kappa shape index (κ3) is 2.92. The van der Waals surface area contributed by atoms with Crippen LogP contribution >= 0.6 is 11.6 Å². The molecule has 20 heavy (non-hydrogen) atoms. The number of halogens is 1. The van der Waals surface area contributed by atoms with Gasteiger partial charge in [-0.15, -0.1) is 0 Å². The van der Waals surface area contributed by atoms with Gasteiger partial charge in [0.25, 0.3) is 5.91 Å². The maximum atomic E-state index is 12.0. The smallest absolute Gasteiger partial charge is 0.274 e. The van der Waals surface area contributed by atoms with Gasteiger partial charge in [-0.1, -0.05) is 11.6 Å². The van der Waals surface area contributed by atoms with E-state index < -0.39 is 5.91 Å². The number of nitriles is 2. The lowest BCUT2D eigenvalue weighted by molar-refractivity contribution is 0.102. The molecule has 0 radical (unpaired) electrons. The quantitative estimate of drug-likeness (QED) is 0.917. The molecule has 96 valence electrons. The molecule has 0 aliphatic rings. The predicted octanol–water partition coefficient (Wildman–Crippen LogP) is 2.73. The Hall–Kier alpha value is -2.89. The molecule has 6 heteroatoms. The highest BCUT2D eigenvalue weighted by atomic mass is 35.5. The zero-order valence-electron chi connectivity index (χ0n) is 10.1. The van der Waals surface area contributed by atoms with Crippen LogP contribution in [0.25, 0.3) is 0 Å². The van der Waals surface area contributed by atoms with Crippen LogP contribution < -0.4 is 5.32 Å². The first-order valence-corrected chi connectivity index (χ1v) is 5.89. The summed E-state index contributed by atoms with van der Waals surface area (Å²) in [6.07, 6.45) is 1.31. The first-order valence-electron chi connectivity index (χ1n) is 5.51. The third-order valence-electron chi connectivity index (χ3n) is 2.47. The normalized spacial score (nSPS) is 9.35. The molecule has 0 saturated heterocycles. The van der Waals surface area contributed by atoms with Crippen molar-refractivity contribution in [1.29, 1.82) is 10.5 Å². The van der Waals surface area contributed by atoms with Crippen molar-refractivity contribution in [3.8, 4) is 12.1 Å². The fourth-order valence-electron chi connectivity index (χ4n) is 1.47. The maximum Gasteiger partial charge on any atom is 0.274 e. The van der Waals surface area contributed by atoms with Crippen molar-refractivity contribution in [3.63, 3.8) is 0 Å². The minimum Gasteiger partial charge on any atom is -0.319 e. The van der Waals surface area contributed by atoms with Gasteiger partial charge in [-0.05, 0) is 30.3 Å². The van der Waals surface area contributed by atoms with E-state index in [1.54, 1.807) is 6.07 Å². The van der Waals surface area contributed by atoms with Crippen molar-refractivity contribution < 1.29 is 4.79 Å². The summed E-state index contributed by atoms with van der Waals surface area (Å²) in [5.41, 5.74) is 1.24. The van der Waals surface area contributed by atoms with Gasteiger partial charge in [0.2, 0.25) is 0 Å². The summed E-state index contributed by atoms with van der Waals surface area (Å²) in [7, 11) is 0. The van der Waals surface area contributed by atoms with Gasteiger partial charge in [-0.2, -0.15) is 10.5 Å². The van der Waals surface area contributed by atoms with Gasteiger partial charge in [0.05, 0.1) is 27.9 Å². The summed E-state index contributed by atoms with van der Waals surface area (Å²) in [6, 6.07) is 11.4. The molecule has 0 atom stereocenters. The van der Waals surface area contributed by atoms with Crippen molar-refractivity contribution in [1.82, 2.24) is 4.98 Å². The topological polar surface area (TPSA) is 89.6 Å². The van der Waals surface area contributed by atoms with Crippen LogP contribution in [0.1, 0.15) is 21.6 Å². The SMILES string of the molecule is N#Cc1ccc(C(=O)Nc2cc(C#N)ccc2Cl)nc1. The Morgan fingerprint density at radius 3 is 2.45 bits per heavy atom. The Balaban J connectivity index is 2.23. The zero-order valence-corrected chi connectivity index (χ0v) is 10.8. The number of carbonyl (C=O) groups is 1. The number of nitrogens with zero attached hydrogens (tertiary/aromatic N) is 3. The number of hydrogen-bond donors (Lipinski definition) is 1. The number of carbonyl (C=O) groups excluding carboxylic acids is 1. The zero-order chi connectivity index (χ0) is 14.5. The molecule has 2 aromatic rings. The molecule has 0 spiro atoms. The van der Waals surface area contributed by atoms with E-state index in [-0.39, 0.29) is 5.69 Å². The van der Waals surface area contributed by atoms with Gasteiger partial charge in [0, 0.05) is 6.20 Å². The first-order chi connectivity index (χ1) is 9.63. The highest BCUT2D eigenvalue weighted by Gasteiger charge is 2.10. The van der Waals surface area contributed by atoms with Crippen molar-refractivity contribution >= 4 is 23.2 Å². The van der Waals surface area contributed by atoms with Gasteiger partial charge in [0.15, 0.2) is 0 Å². The number of rotatable bonds is 2. The number of anilines is 1. The monoisotopic (exact) mass is 282 g/mol. The number of hydrogen-bond acceptors (Lipinski definition) is 4. The van der Waals surface area contributed by atoms with E-state index in [1.165, 1.54) is 30.5 Å². The molecule has 0 fully saturated rings. The van der Waals surface area contributed by atoms with Gasteiger partial charge < -0.3 is 5.32 Å². The molecule has 0 saturated carbocycles. The molecule has 1 aromatic heterocycles. The fraction of sp³-hybridized carbons (Fsp3) is 0. The summed E-state index contributed by atoms with van der Waals surface area (Å²) < 4.78 is 0. The molecule has 0 unspecified atom stereocenters. The van der Waals surface area contributed by atoms with E-state index in [0.717, 1.165) is 0 Å². The van der Waals surface area contributed by atoms with Crippen LogP contribution in [0, 0.1) is 22.7 Å². The molecule has 1 heterocycles. The Kier molecular flexibility index (Phi) is 3.95. The molecular formula is C14H7ClN4O. The fourth-order valence-corrected chi connectivity index (χ4v) is 1.64. The van der Waals surface area contributed by atoms with Crippen molar-refractivity contribution in [2.24, 2.45) is 0 Å². The summed E-state index contributed by atoms with van der Waals surface area (Å²) in [5, 5.41) is 20.4. The van der Waals surface area contributed by atoms with E-state index in [9.17, 15) is 4.79 Å². The van der Waals surface area contributed by atoms with Crippen LogP contribution in [0.5, 0.6) is 0 Å². The molecule has 0 aliphatic heterocycles. The van der Waals surface area contributed by atoms with Gasteiger partial charge in [-0.25, -0.2) is 4.98 Å². The van der Waals surface area contributed by atoms with E-state index in [0.29, 0.717) is 21.8 Å². The summed E-state index contributed by atoms with van der Waals surface area (Å²) >= 11 is 5.94. The van der Waals surface area contributed by atoms with Crippen LogP contribution in [-0.4, -0.2) is 10.9 Å². The van der Waals surface area contributed by atoms with Crippen molar-refractivity contribution in [2.75, 3.05) is 5.32 Å². The van der Waals surface area contributed by atoms with Crippen LogP contribution in [-0.2, 0) is 0 Å². The van der Waals surface area contributed by atoms with Crippen molar-refractivity contribution in [3.05, 3.63) is 58.4 Å². The lowest BCUT2D eigenvalue weighted by Crippen LogP contribution is -2.14. The summed E-state index contributed by atoms with van der Waals surface area (Å²) in [5.74, 6) is -0.466. The van der Waals surface area contributed by atoms with E-state index >= 15 is 0 Å². The third-order valence-corrected chi connectivity index (χ3v) is 2.80. The number of aromatic nitrogens is 1. The van der Waals surface area contributed by atoms with Gasteiger partial charge >= 0.3 is 0 Å². The Bertz CT molecular complexity index is 741. The standard InChI is InChI=1S/C14H7ClN4O/c15-11-3-1-9(6-16)5-13(11)19-14(20)12-4-2-10(7-17)8-18-12/h1-5,8H,(H,19,20). The Morgan fingerprint density at radius 1 is 1.15 bits per heavy atom. The van der Waals surface area contributed by atoms with Crippen LogP contribution in [0.2, 0.25) is 5.02 Å². The van der Waals surface area contributed by atoms with Gasteiger partial charge in [-0.3, -0.25) is 4.79 Å². The molecular weight excluding hydrogens is 276 g/mol. The maximum absolute atomic E-state index is 12.0. The molecule has 0 aliphatic carbocycles. The number of nitrogens with one attached hydrogen (secondary N) is 1. The first kappa shape index (κ1) is 13.5. The summed E-state index contributed by atoms with van der Waals surface area (Å²) in [6.45, 7) is 0. The second-order valence-corrected chi connectivity index (χ2v) is 4.21. The number of amides is 1. The molecule has 0 bridgehead atoms. The molecule has 5 nitrogen and oxygen atoms in total. The molecule has 1 amide bonds. The van der Waals surface area contributed by atoms with E-state index in [4.69, 9.17) is 22.1 Å². The number of benzene rings is 1. The average Bonchev–Trinajstić information content (AvgIpc) is 2.49. The van der Waals surface area contributed by atoms with Crippen molar-refractivity contribution in [2.45, 2.75) is 0 Å². The summed E-state index contributed by atoms with van der Waals surface area (Å²) in [4.78, 5) is 15.8. The van der Waals surface area contributed by atoms with Crippen LogP contribution in [0.4, 0.5) is 5.69 Å².